The second-order valence-corrected chi connectivity index (χ2v) is 7.22. The highest BCUT2D eigenvalue weighted by Gasteiger charge is 2.20. The molecule has 2 aromatic carbocycles. The zero-order valence-electron chi connectivity index (χ0n) is 14.6. The molecule has 1 saturated carbocycles. The Balaban J connectivity index is 1.49. The summed E-state index contributed by atoms with van der Waals surface area (Å²) < 4.78 is 8.52. The lowest BCUT2D eigenvalue weighted by Gasteiger charge is -2.21. The molecule has 6 nitrogen and oxygen atoms in total. The Morgan fingerprint density at radius 3 is 2.48 bits per heavy atom. The van der Waals surface area contributed by atoms with Gasteiger partial charge in [0, 0.05) is 5.69 Å². The first kappa shape index (κ1) is 17.4. The molecule has 1 aliphatic carbocycles. The average Bonchev–Trinajstić information content (AvgIpc) is 3.01. The predicted octanol–water partition coefficient (Wildman–Crippen LogP) is 4.23. The predicted molar refractivity (Wildman–Crippen MR) is 110 cm³/mol. The van der Waals surface area contributed by atoms with Gasteiger partial charge in [-0.05, 0) is 67.2 Å². The smallest absolute Gasteiger partial charge is 0.271 e. The van der Waals surface area contributed by atoms with Crippen LogP contribution in [0, 0.1) is 0 Å². The molecule has 7 heteroatoms. The van der Waals surface area contributed by atoms with Gasteiger partial charge in [0.25, 0.3) is 5.56 Å². The lowest BCUT2D eigenvalue weighted by molar-refractivity contribution is 0.420. The summed E-state index contributed by atoms with van der Waals surface area (Å²) in [7, 11) is 0. The number of aliphatic imine (C=N–C) groups is 1. The molecule has 0 spiro atoms. The monoisotopic (exact) mass is 380 g/mol. The number of nitrogens with two attached hydrogens (primary N) is 1. The molecule has 0 radical (unpaired) electrons. The van der Waals surface area contributed by atoms with Gasteiger partial charge < -0.3 is 15.8 Å². The Bertz CT molecular complexity index is 989. The lowest BCUT2D eigenvalue weighted by Crippen LogP contribution is -2.26. The molecule has 1 heterocycles. The van der Waals surface area contributed by atoms with Crippen molar-refractivity contribution < 1.29 is 4.74 Å². The van der Waals surface area contributed by atoms with Crippen LogP contribution in [0.3, 0.4) is 0 Å². The molecule has 1 fully saturated rings. The van der Waals surface area contributed by atoms with Crippen LogP contribution in [0.15, 0.2) is 64.4 Å². The third-order valence-electron chi connectivity index (χ3n) is 4.44. The van der Waals surface area contributed by atoms with Gasteiger partial charge in [0.05, 0.1) is 6.04 Å². The number of H-pyrrole nitrogens is 1. The average molecular weight is 380 g/mol. The standard InChI is InChI=1S/C20H20N4O2S/c21-18(22-13-5-4-6-13)17-19(25)24-27-20(17)23-14-9-11-16(12-10-14)26-15-7-2-1-3-8-15/h1-3,7-13,23H,4-6H2,(H2,21,22)(H,24,25). The summed E-state index contributed by atoms with van der Waals surface area (Å²) in [6.45, 7) is 0. The third kappa shape index (κ3) is 4.03. The lowest BCUT2D eigenvalue weighted by atomic mass is 9.94. The third-order valence-corrected chi connectivity index (χ3v) is 5.24. The van der Waals surface area contributed by atoms with Crippen molar-refractivity contribution in [3.8, 4) is 11.5 Å². The molecule has 0 saturated heterocycles. The Morgan fingerprint density at radius 2 is 1.81 bits per heavy atom. The largest absolute Gasteiger partial charge is 0.457 e. The van der Waals surface area contributed by atoms with E-state index in [1.54, 1.807) is 0 Å². The molecule has 4 rings (SSSR count). The molecule has 0 aliphatic heterocycles. The van der Waals surface area contributed by atoms with Crippen molar-refractivity contribution in [3.05, 3.63) is 70.5 Å². The maximum absolute atomic E-state index is 12.2. The fraction of sp³-hybridized carbons (Fsp3) is 0.200. The molecule has 0 amide bonds. The summed E-state index contributed by atoms with van der Waals surface area (Å²) >= 11 is 1.22. The van der Waals surface area contributed by atoms with E-state index >= 15 is 0 Å². The highest BCUT2D eigenvalue weighted by atomic mass is 32.1. The highest BCUT2D eigenvalue weighted by Crippen LogP contribution is 2.27. The molecule has 1 aromatic heterocycles. The molecule has 138 valence electrons. The molecular formula is C20H20N4O2S. The van der Waals surface area contributed by atoms with E-state index in [-0.39, 0.29) is 11.6 Å². The van der Waals surface area contributed by atoms with Crippen molar-refractivity contribution in [2.45, 2.75) is 25.3 Å². The number of nitrogens with one attached hydrogen (secondary N) is 2. The fourth-order valence-corrected chi connectivity index (χ4v) is 3.53. The highest BCUT2D eigenvalue weighted by molar-refractivity contribution is 7.10. The van der Waals surface area contributed by atoms with E-state index in [0.717, 1.165) is 30.0 Å². The summed E-state index contributed by atoms with van der Waals surface area (Å²) in [6.07, 6.45) is 3.24. The molecule has 0 bridgehead atoms. The number of para-hydroxylation sites is 1. The van der Waals surface area contributed by atoms with Gasteiger partial charge in [-0.2, -0.15) is 0 Å². The number of ether oxygens (including phenoxy) is 1. The van der Waals surface area contributed by atoms with Crippen molar-refractivity contribution >= 4 is 28.1 Å². The number of hydrogen-bond donors (Lipinski definition) is 3. The van der Waals surface area contributed by atoms with Crippen LogP contribution in [-0.2, 0) is 0 Å². The summed E-state index contributed by atoms with van der Waals surface area (Å²) in [5.74, 6) is 1.82. The van der Waals surface area contributed by atoms with Crippen LogP contribution >= 0.6 is 11.5 Å². The van der Waals surface area contributed by atoms with Gasteiger partial charge in [0.15, 0.2) is 0 Å². The maximum atomic E-state index is 12.2. The number of anilines is 2. The van der Waals surface area contributed by atoms with E-state index < -0.39 is 0 Å². The number of hydrogen-bond acceptors (Lipinski definition) is 5. The van der Waals surface area contributed by atoms with Crippen molar-refractivity contribution in [1.82, 2.24) is 4.37 Å². The summed E-state index contributed by atoms with van der Waals surface area (Å²) in [6, 6.07) is 17.4. The van der Waals surface area contributed by atoms with E-state index in [0.29, 0.717) is 16.4 Å². The minimum Gasteiger partial charge on any atom is -0.457 e. The Morgan fingerprint density at radius 1 is 1.11 bits per heavy atom. The minimum absolute atomic E-state index is 0.216. The van der Waals surface area contributed by atoms with Gasteiger partial charge in [-0.1, -0.05) is 18.2 Å². The van der Waals surface area contributed by atoms with Gasteiger partial charge in [0.2, 0.25) is 0 Å². The van der Waals surface area contributed by atoms with E-state index in [1.165, 1.54) is 18.0 Å². The van der Waals surface area contributed by atoms with Crippen molar-refractivity contribution in [3.63, 3.8) is 0 Å². The van der Waals surface area contributed by atoms with Gasteiger partial charge in [-0.15, -0.1) is 0 Å². The Kier molecular flexibility index (Phi) is 4.93. The molecule has 4 N–H and O–H groups in total. The quantitative estimate of drug-likeness (QED) is 0.441. The first-order valence-electron chi connectivity index (χ1n) is 8.84. The van der Waals surface area contributed by atoms with E-state index in [1.807, 2.05) is 54.6 Å². The first-order chi connectivity index (χ1) is 13.2. The van der Waals surface area contributed by atoms with E-state index in [4.69, 9.17) is 10.5 Å². The van der Waals surface area contributed by atoms with Crippen molar-refractivity contribution in [2.24, 2.45) is 10.7 Å². The number of benzene rings is 2. The maximum Gasteiger partial charge on any atom is 0.271 e. The number of aromatic amines is 1. The van der Waals surface area contributed by atoms with Gasteiger partial charge in [0.1, 0.15) is 27.9 Å². The fourth-order valence-electron chi connectivity index (χ4n) is 2.76. The van der Waals surface area contributed by atoms with Crippen LogP contribution < -0.4 is 21.3 Å². The molecule has 0 unspecified atom stereocenters. The zero-order valence-corrected chi connectivity index (χ0v) is 15.5. The van der Waals surface area contributed by atoms with Crippen molar-refractivity contribution in [2.75, 3.05) is 5.32 Å². The number of nitrogens with zero attached hydrogens (tertiary/aromatic N) is 1. The van der Waals surface area contributed by atoms with Gasteiger partial charge in [-0.3, -0.25) is 14.2 Å². The summed E-state index contributed by atoms with van der Waals surface area (Å²) in [5.41, 5.74) is 7.13. The number of rotatable bonds is 6. The first-order valence-corrected chi connectivity index (χ1v) is 9.66. The Hall–Kier alpha value is -3.06. The number of amidine groups is 1. The summed E-state index contributed by atoms with van der Waals surface area (Å²) in [5, 5.41) is 3.91. The molecular weight excluding hydrogens is 360 g/mol. The topological polar surface area (TPSA) is 92.5 Å². The van der Waals surface area contributed by atoms with E-state index in [2.05, 4.69) is 14.7 Å². The minimum atomic E-state index is -0.216. The van der Waals surface area contributed by atoms with E-state index in [9.17, 15) is 4.79 Å². The van der Waals surface area contributed by atoms with Crippen LogP contribution in [0.4, 0.5) is 10.7 Å². The Labute approximate surface area is 160 Å². The van der Waals surface area contributed by atoms with Crippen molar-refractivity contribution in [1.29, 1.82) is 0 Å². The zero-order chi connectivity index (χ0) is 18.6. The van der Waals surface area contributed by atoms with Gasteiger partial charge >= 0.3 is 0 Å². The normalized spacial score (nSPS) is 14.6. The number of aromatic nitrogens is 1. The van der Waals surface area contributed by atoms with Crippen LogP contribution in [0.2, 0.25) is 0 Å². The van der Waals surface area contributed by atoms with Crippen LogP contribution in [0.25, 0.3) is 0 Å². The molecule has 27 heavy (non-hydrogen) atoms. The van der Waals surface area contributed by atoms with Crippen LogP contribution in [0.1, 0.15) is 24.8 Å². The molecule has 1 aliphatic rings. The second kappa shape index (κ2) is 7.67. The molecule has 3 aromatic rings. The summed E-state index contributed by atoms with van der Waals surface area (Å²) in [4.78, 5) is 16.6. The SMILES string of the molecule is NC(=NC1CCC1)c1c(Nc2ccc(Oc3ccccc3)cc2)s[nH]c1=O. The second-order valence-electron chi connectivity index (χ2n) is 6.40. The van der Waals surface area contributed by atoms with Gasteiger partial charge in [-0.25, -0.2) is 0 Å². The van der Waals surface area contributed by atoms with Crippen LogP contribution in [0.5, 0.6) is 11.5 Å². The van der Waals surface area contributed by atoms with Crippen LogP contribution in [-0.4, -0.2) is 16.3 Å². The molecule has 0 atom stereocenters.